The van der Waals surface area contributed by atoms with Gasteiger partial charge in [0.1, 0.15) is 11.0 Å². The van der Waals surface area contributed by atoms with E-state index < -0.39 is 0 Å². The fraction of sp³-hybridized carbons (Fsp3) is 0. The molecular formula is C12H6Cl2N3. The van der Waals surface area contributed by atoms with E-state index in [4.69, 9.17) is 23.2 Å². The summed E-state index contributed by atoms with van der Waals surface area (Å²) < 4.78 is 0. The fourth-order valence-corrected chi connectivity index (χ4v) is 2.05. The Morgan fingerprint density at radius 1 is 0.941 bits per heavy atom. The van der Waals surface area contributed by atoms with Crippen molar-refractivity contribution in [2.24, 2.45) is 0 Å². The minimum absolute atomic E-state index is 0.439. The van der Waals surface area contributed by atoms with Crippen LogP contribution in [0.3, 0.4) is 0 Å². The van der Waals surface area contributed by atoms with E-state index in [0.717, 1.165) is 16.7 Å². The third kappa shape index (κ3) is 1.99. The van der Waals surface area contributed by atoms with Crippen LogP contribution >= 0.6 is 23.2 Å². The minimum Gasteiger partial charge on any atom is -0.150 e. The van der Waals surface area contributed by atoms with E-state index in [1.165, 1.54) is 4.80 Å². The lowest BCUT2D eigenvalue weighted by Gasteiger charge is -2.00. The highest BCUT2D eigenvalue weighted by Crippen LogP contribution is 2.21. The zero-order valence-electron chi connectivity index (χ0n) is 8.56. The van der Waals surface area contributed by atoms with E-state index in [9.17, 15) is 0 Å². The molecule has 0 saturated carbocycles. The second-order valence-electron chi connectivity index (χ2n) is 3.51. The third-order valence-corrected chi connectivity index (χ3v) is 2.71. The van der Waals surface area contributed by atoms with E-state index in [-0.39, 0.29) is 0 Å². The normalized spacial score (nSPS) is 10.9. The fourth-order valence-electron chi connectivity index (χ4n) is 1.58. The quantitative estimate of drug-likeness (QED) is 0.672. The lowest BCUT2D eigenvalue weighted by atomic mass is 10.3. The number of rotatable bonds is 1. The molecule has 0 atom stereocenters. The molecule has 3 aromatic rings. The zero-order chi connectivity index (χ0) is 11.8. The van der Waals surface area contributed by atoms with Crippen molar-refractivity contribution in [1.29, 1.82) is 0 Å². The molecule has 3 rings (SSSR count). The van der Waals surface area contributed by atoms with Gasteiger partial charge in [-0.05, 0) is 24.3 Å². The van der Waals surface area contributed by atoms with Crippen LogP contribution in [0, 0.1) is 6.07 Å². The first-order valence-electron chi connectivity index (χ1n) is 4.93. The molecule has 0 N–H and O–H groups in total. The summed E-state index contributed by atoms with van der Waals surface area (Å²) >= 11 is 11.8. The lowest BCUT2D eigenvalue weighted by molar-refractivity contribution is 0.766. The Kier molecular flexibility index (Phi) is 2.50. The summed E-state index contributed by atoms with van der Waals surface area (Å²) in [5.74, 6) is 0. The number of hydrogen-bond donors (Lipinski definition) is 0. The molecular weight excluding hydrogens is 257 g/mol. The predicted octanol–water partition coefficient (Wildman–Crippen LogP) is 3.53. The van der Waals surface area contributed by atoms with Crippen molar-refractivity contribution in [1.82, 2.24) is 15.0 Å². The van der Waals surface area contributed by atoms with Crippen LogP contribution in [0.4, 0.5) is 0 Å². The van der Waals surface area contributed by atoms with E-state index in [0.29, 0.717) is 10.0 Å². The van der Waals surface area contributed by atoms with Crippen LogP contribution in [0.15, 0.2) is 36.4 Å². The molecule has 0 aliphatic carbocycles. The highest BCUT2D eigenvalue weighted by molar-refractivity contribution is 6.34. The molecule has 1 heterocycles. The number of aromatic nitrogens is 3. The van der Waals surface area contributed by atoms with Gasteiger partial charge in [-0.15, -0.1) is 10.2 Å². The molecule has 3 nitrogen and oxygen atoms in total. The molecule has 0 amide bonds. The smallest absolute Gasteiger partial charge is 0.113 e. The summed E-state index contributed by atoms with van der Waals surface area (Å²) in [4.78, 5) is 1.51. The summed E-state index contributed by atoms with van der Waals surface area (Å²) in [5, 5.41) is 9.56. The van der Waals surface area contributed by atoms with Gasteiger partial charge in [-0.2, -0.15) is 4.80 Å². The van der Waals surface area contributed by atoms with Crippen molar-refractivity contribution >= 4 is 34.2 Å². The number of hydrogen-bond acceptors (Lipinski definition) is 2. The molecule has 0 aliphatic rings. The second-order valence-corrected chi connectivity index (χ2v) is 4.33. The zero-order valence-corrected chi connectivity index (χ0v) is 10.1. The van der Waals surface area contributed by atoms with E-state index in [2.05, 4.69) is 16.3 Å². The summed E-state index contributed by atoms with van der Waals surface area (Å²) in [6.45, 7) is 0. The molecule has 0 fully saturated rings. The highest BCUT2D eigenvalue weighted by atomic mass is 35.5. The summed E-state index contributed by atoms with van der Waals surface area (Å²) in [6.07, 6.45) is 0. The van der Waals surface area contributed by atoms with Crippen molar-refractivity contribution in [3.05, 3.63) is 52.5 Å². The lowest BCUT2D eigenvalue weighted by Crippen LogP contribution is -1.98. The Hall–Kier alpha value is -1.58. The molecule has 17 heavy (non-hydrogen) atoms. The Bertz CT molecular complexity index is 638. The minimum atomic E-state index is 0.439. The maximum atomic E-state index is 5.89. The molecule has 2 aromatic carbocycles. The van der Waals surface area contributed by atoms with Crippen LogP contribution in [0.1, 0.15) is 0 Å². The van der Waals surface area contributed by atoms with Crippen LogP contribution < -0.4 is 0 Å². The summed E-state index contributed by atoms with van der Waals surface area (Å²) in [5.41, 5.74) is 2.37. The largest absolute Gasteiger partial charge is 0.150 e. The maximum absolute atomic E-state index is 5.89. The molecule has 0 unspecified atom stereocenters. The van der Waals surface area contributed by atoms with Crippen LogP contribution in [0.2, 0.25) is 10.0 Å². The van der Waals surface area contributed by atoms with Gasteiger partial charge in [0.15, 0.2) is 0 Å². The summed E-state index contributed by atoms with van der Waals surface area (Å²) in [6, 6.07) is 13.8. The Balaban J connectivity index is 2.20. The Morgan fingerprint density at radius 3 is 2.00 bits per heavy atom. The van der Waals surface area contributed by atoms with Crippen LogP contribution in [0.5, 0.6) is 0 Å². The van der Waals surface area contributed by atoms with Crippen molar-refractivity contribution in [2.45, 2.75) is 0 Å². The van der Waals surface area contributed by atoms with Crippen LogP contribution in [-0.4, -0.2) is 15.0 Å². The Labute approximate surface area is 108 Å². The highest BCUT2D eigenvalue weighted by Gasteiger charge is 2.05. The molecule has 0 bridgehead atoms. The third-order valence-electron chi connectivity index (χ3n) is 2.31. The van der Waals surface area contributed by atoms with Gasteiger partial charge in [-0.25, -0.2) is 0 Å². The van der Waals surface area contributed by atoms with Gasteiger partial charge in [0.2, 0.25) is 0 Å². The molecule has 83 valence electrons. The predicted molar refractivity (Wildman–Crippen MR) is 67.7 cm³/mol. The average Bonchev–Trinajstić information content (AvgIpc) is 2.71. The standard InChI is InChI=1S/C12H6Cl2N3/c13-8-5-9(14)7-10(6-8)17-15-11-3-1-2-4-12(11)16-17/h1-4,6-7H. The average molecular weight is 263 g/mol. The van der Waals surface area contributed by atoms with Gasteiger partial charge in [0.05, 0.1) is 15.7 Å². The van der Waals surface area contributed by atoms with Gasteiger partial charge in [0.25, 0.3) is 0 Å². The summed E-state index contributed by atoms with van der Waals surface area (Å²) in [7, 11) is 0. The van der Waals surface area contributed by atoms with Gasteiger partial charge >= 0.3 is 0 Å². The molecule has 0 aliphatic heterocycles. The van der Waals surface area contributed by atoms with Gasteiger partial charge in [-0.3, -0.25) is 0 Å². The molecule has 1 radical (unpaired) electrons. The topological polar surface area (TPSA) is 30.7 Å². The number of fused-ring (bicyclic) bond motifs is 1. The molecule has 1 aromatic heterocycles. The second kappa shape index (κ2) is 4.02. The monoisotopic (exact) mass is 262 g/mol. The number of benzene rings is 2. The SMILES string of the molecule is Clc1[c]c(Cl)cc(-n2nc3ccccc3n2)c1. The van der Waals surface area contributed by atoms with E-state index in [1.54, 1.807) is 12.1 Å². The van der Waals surface area contributed by atoms with E-state index in [1.807, 2.05) is 24.3 Å². The van der Waals surface area contributed by atoms with Crippen molar-refractivity contribution in [3.63, 3.8) is 0 Å². The van der Waals surface area contributed by atoms with Gasteiger partial charge in [-0.1, -0.05) is 35.3 Å². The first kappa shape index (κ1) is 10.6. The number of nitrogens with zero attached hydrogens (tertiary/aromatic N) is 3. The van der Waals surface area contributed by atoms with Gasteiger partial charge < -0.3 is 0 Å². The van der Waals surface area contributed by atoms with Crippen molar-refractivity contribution < 1.29 is 0 Å². The van der Waals surface area contributed by atoms with Gasteiger partial charge in [0, 0.05) is 6.07 Å². The van der Waals surface area contributed by atoms with Crippen molar-refractivity contribution in [2.75, 3.05) is 0 Å². The first-order valence-corrected chi connectivity index (χ1v) is 5.69. The van der Waals surface area contributed by atoms with E-state index >= 15 is 0 Å². The van der Waals surface area contributed by atoms with Crippen LogP contribution in [0.25, 0.3) is 16.7 Å². The maximum Gasteiger partial charge on any atom is 0.113 e. The van der Waals surface area contributed by atoms with Crippen LogP contribution in [-0.2, 0) is 0 Å². The van der Waals surface area contributed by atoms with Crippen molar-refractivity contribution in [3.8, 4) is 5.69 Å². The molecule has 5 heteroatoms. The molecule has 0 spiro atoms. The Morgan fingerprint density at radius 2 is 1.47 bits per heavy atom. The molecule has 0 saturated heterocycles. The number of halogens is 2. The first-order chi connectivity index (χ1) is 8.22.